The molecule has 1 aliphatic rings. The highest BCUT2D eigenvalue weighted by Crippen LogP contribution is 2.51. The third kappa shape index (κ3) is 5.92. The summed E-state index contributed by atoms with van der Waals surface area (Å²) in [5.74, 6) is 1.13. The Labute approximate surface area is 230 Å². The van der Waals surface area contributed by atoms with Gasteiger partial charge in [-0.15, -0.1) is 5.10 Å². The summed E-state index contributed by atoms with van der Waals surface area (Å²) in [6.45, 7) is 12.3. The first-order valence-electron chi connectivity index (χ1n) is 13.4. The summed E-state index contributed by atoms with van der Waals surface area (Å²) in [5.41, 5.74) is 0.351. The molecule has 2 aromatic carbocycles. The first-order chi connectivity index (χ1) is 18.4. The van der Waals surface area contributed by atoms with E-state index in [0.29, 0.717) is 42.3 Å². The molecule has 0 radical (unpaired) electrons. The van der Waals surface area contributed by atoms with Crippen molar-refractivity contribution in [3.05, 3.63) is 83.0 Å². The minimum Gasteiger partial charge on any atom is -0.444 e. The normalized spacial score (nSPS) is 16.4. The van der Waals surface area contributed by atoms with Crippen LogP contribution in [0.15, 0.2) is 60.8 Å². The predicted molar refractivity (Wildman–Crippen MR) is 149 cm³/mol. The molecule has 2 heterocycles. The zero-order chi connectivity index (χ0) is 28.4. The summed E-state index contributed by atoms with van der Waals surface area (Å²) in [4.78, 5) is 14.4. The van der Waals surface area contributed by atoms with Gasteiger partial charge in [-0.1, -0.05) is 63.2 Å². The monoisotopic (exact) mass is 533 g/mol. The van der Waals surface area contributed by atoms with Gasteiger partial charge in [0.2, 0.25) is 5.88 Å². The number of ether oxygens (including phenoxy) is 2. The van der Waals surface area contributed by atoms with Crippen molar-refractivity contribution in [2.24, 2.45) is 5.41 Å². The van der Waals surface area contributed by atoms with Crippen LogP contribution in [0.2, 0.25) is 0 Å². The number of aliphatic hydroxyl groups is 2. The van der Waals surface area contributed by atoms with Crippen LogP contribution < -0.4 is 4.74 Å². The highest BCUT2D eigenvalue weighted by Gasteiger charge is 2.58. The molecule has 0 saturated carbocycles. The van der Waals surface area contributed by atoms with Crippen molar-refractivity contribution in [2.45, 2.75) is 65.1 Å². The van der Waals surface area contributed by atoms with Crippen LogP contribution in [0.1, 0.15) is 69.7 Å². The number of nitrogens with zero attached hydrogens (tertiary/aromatic N) is 3. The highest BCUT2D eigenvalue weighted by molar-refractivity contribution is 5.70. The number of aromatic nitrogens is 2. The number of hydrogen-bond donors (Lipinski definition) is 2. The molecule has 1 aliphatic heterocycles. The van der Waals surface area contributed by atoms with E-state index >= 15 is 0 Å². The standard InChI is InChI=1S/C31H39N3O5/c1-21(2)22-11-13-24(14-12-22)31(37,30(6)19-34(20-30)28(36)39-29(3,4)5)25-17-27(33-32-18-25)38-26-10-8-7-9-23(26)15-16-35/h7-14,17-18,21,35,37H,15-16,19-20H2,1-6H3. The Balaban J connectivity index is 1.72. The maximum Gasteiger partial charge on any atom is 0.410 e. The van der Waals surface area contributed by atoms with Crippen LogP contribution >= 0.6 is 0 Å². The summed E-state index contributed by atoms with van der Waals surface area (Å²) in [6, 6.07) is 17.0. The molecule has 3 aromatic rings. The average Bonchev–Trinajstić information content (AvgIpc) is 2.86. The van der Waals surface area contributed by atoms with E-state index in [1.165, 1.54) is 0 Å². The molecule has 1 atom stereocenters. The zero-order valence-electron chi connectivity index (χ0n) is 23.6. The topological polar surface area (TPSA) is 105 Å². The minimum absolute atomic E-state index is 0.00921. The molecule has 2 N–H and O–H groups in total. The van der Waals surface area contributed by atoms with E-state index in [4.69, 9.17) is 9.47 Å². The van der Waals surface area contributed by atoms with Crippen LogP contribution in [-0.4, -0.2) is 56.7 Å². The second kappa shape index (κ2) is 10.9. The van der Waals surface area contributed by atoms with Gasteiger partial charge in [-0.2, -0.15) is 5.10 Å². The number of rotatable bonds is 8. The van der Waals surface area contributed by atoms with Crippen LogP contribution in [0.5, 0.6) is 11.6 Å². The number of aliphatic hydroxyl groups excluding tert-OH is 1. The average molecular weight is 534 g/mol. The number of carbonyl (C=O) groups excluding carboxylic acids is 1. The lowest BCUT2D eigenvalue weighted by Crippen LogP contribution is -2.66. The zero-order valence-corrected chi connectivity index (χ0v) is 23.6. The second-order valence-corrected chi connectivity index (χ2v) is 11.9. The third-order valence-corrected chi connectivity index (χ3v) is 7.22. The van der Waals surface area contributed by atoms with Crippen molar-refractivity contribution in [3.63, 3.8) is 0 Å². The summed E-state index contributed by atoms with van der Waals surface area (Å²) < 4.78 is 11.6. The van der Waals surface area contributed by atoms with Crippen LogP contribution in [0.25, 0.3) is 0 Å². The molecule has 0 aliphatic carbocycles. The van der Waals surface area contributed by atoms with Gasteiger partial charge in [-0.25, -0.2) is 4.79 Å². The van der Waals surface area contributed by atoms with E-state index in [2.05, 4.69) is 24.0 Å². The molecule has 4 rings (SSSR count). The maximum absolute atomic E-state index is 12.8. The third-order valence-electron chi connectivity index (χ3n) is 7.22. The Morgan fingerprint density at radius 3 is 2.36 bits per heavy atom. The number of benzene rings is 2. The first kappa shape index (κ1) is 28.5. The molecular formula is C31H39N3O5. The Kier molecular flexibility index (Phi) is 8.00. The van der Waals surface area contributed by atoms with E-state index in [1.807, 2.05) is 76.2 Å². The van der Waals surface area contributed by atoms with Crippen LogP contribution in [0.4, 0.5) is 4.79 Å². The Hall–Kier alpha value is -3.49. The van der Waals surface area contributed by atoms with Gasteiger partial charge in [0.1, 0.15) is 17.0 Å². The van der Waals surface area contributed by atoms with Gasteiger partial charge in [0.25, 0.3) is 0 Å². The molecule has 1 amide bonds. The highest BCUT2D eigenvalue weighted by atomic mass is 16.6. The summed E-state index contributed by atoms with van der Waals surface area (Å²) >= 11 is 0. The van der Waals surface area contributed by atoms with Crippen LogP contribution in [-0.2, 0) is 16.8 Å². The van der Waals surface area contributed by atoms with E-state index in [0.717, 1.165) is 11.1 Å². The summed E-state index contributed by atoms with van der Waals surface area (Å²) in [7, 11) is 0. The van der Waals surface area contributed by atoms with Gasteiger partial charge in [-0.05, 0) is 55.9 Å². The maximum atomic E-state index is 12.8. The van der Waals surface area contributed by atoms with Crippen molar-refractivity contribution < 1.29 is 24.5 Å². The number of para-hydroxylation sites is 1. The van der Waals surface area contributed by atoms with E-state index in [1.54, 1.807) is 17.2 Å². The molecule has 0 spiro atoms. The van der Waals surface area contributed by atoms with Gasteiger partial charge in [-0.3, -0.25) is 0 Å². The number of amides is 1. The Bertz CT molecular complexity index is 1300. The van der Waals surface area contributed by atoms with Crippen LogP contribution in [0, 0.1) is 5.41 Å². The molecule has 8 heteroatoms. The van der Waals surface area contributed by atoms with Crippen molar-refractivity contribution >= 4 is 6.09 Å². The molecule has 208 valence electrons. The fourth-order valence-electron chi connectivity index (χ4n) is 5.09. The molecule has 1 unspecified atom stereocenters. The van der Waals surface area contributed by atoms with Crippen molar-refractivity contribution in [1.29, 1.82) is 0 Å². The quantitative estimate of drug-likeness (QED) is 0.398. The molecule has 39 heavy (non-hydrogen) atoms. The lowest BCUT2D eigenvalue weighted by molar-refractivity contribution is -0.131. The Morgan fingerprint density at radius 1 is 1.08 bits per heavy atom. The predicted octanol–water partition coefficient (Wildman–Crippen LogP) is 5.42. The van der Waals surface area contributed by atoms with Gasteiger partial charge in [0.05, 0.1) is 6.20 Å². The number of carbonyl (C=O) groups is 1. The lowest BCUT2D eigenvalue weighted by Gasteiger charge is -2.56. The Morgan fingerprint density at radius 2 is 1.74 bits per heavy atom. The summed E-state index contributed by atoms with van der Waals surface area (Å²) in [5, 5.41) is 30.4. The van der Waals surface area contributed by atoms with Crippen molar-refractivity contribution in [1.82, 2.24) is 15.1 Å². The lowest BCUT2D eigenvalue weighted by atomic mass is 9.62. The molecule has 0 bridgehead atoms. The van der Waals surface area contributed by atoms with Gasteiger partial charge in [0, 0.05) is 36.7 Å². The molecule has 1 saturated heterocycles. The molecule has 1 aromatic heterocycles. The van der Waals surface area contributed by atoms with Gasteiger partial charge < -0.3 is 24.6 Å². The van der Waals surface area contributed by atoms with Gasteiger partial charge in [0.15, 0.2) is 0 Å². The largest absolute Gasteiger partial charge is 0.444 e. The van der Waals surface area contributed by atoms with Gasteiger partial charge >= 0.3 is 6.09 Å². The van der Waals surface area contributed by atoms with E-state index in [9.17, 15) is 15.0 Å². The van der Waals surface area contributed by atoms with Crippen LogP contribution in [0.3, 0.4) is 0 Å². The molecular weight excluding hydrogens is 494 g/mol. The molecule has 1 fully saturated rings. The fourth-order valence-corrected chi connectivity index (χ4v) is 5.09. The first-order valence-corrected chi connectivity index (χ1v) is 13.4. The number of hydrogen-bond acceptors (Lipinski definition) is 7. The van der Waals surface area contributed by atoms with Crippen molar-refractivity contribution in [3.8, 4) is 11.6 Å². The second-order valence-electron chi connectivity index (χ2n) is 11.9. The fraction of sp³-hybridized carbons (Fsp3) is 0.452. The molecule has 8 nitrogen and oxygen atoms in total. The smallest absolute Gasteiger partial charge is 0.410 e. The van der Waals surface area contributed by atoms with Crippen molar-refractivity contribution in [2.75, 3.05) is 19.7 Å². The minimum atomic E-state index is -1.50. The SMILES string of the molecule is CC(C)c1ccc(C(O)(c2cnnc(Oc3ccccc3CCO)c2)C2(C)CN(C(=O)OC(C)(C)C)C2)cc1. The number of likely N-dealkylation sites (tertiary alicyclic amines) is 1. The van der Waals surface area contributed by atoms with E-state index < -0.39 is 22.7 Å². The summed E-state index contributed by atoms with van der Waals surface area (Å²) in [6.07, 6.45) is 1.58. The van der Waals surface area contributed by atoms with E-state index in [-0.39, 0.29) is 12.5 Å².